The van der Waals surface area contributed by atoms with E-state index in [1.807, 2.05) is 13.1 Å². The molecule has 116 valence electrons. The third kappa shape index (κ3) is 3.27. The van der Waals surface area contributed by atoms with Crippen LogP contribution in [0.2, 0.25) is 0 Å². The van der Waals surface area contributed by atoms with Crippen molar-refractivity contribution in [2.45, 2.75) is 38.1 Å². The minimum absolute atomic E-state index is 0.279. The number of aromatic nitrogens is 2. The average Bonchev–Trinajstić information content (AvgIpc) is 2.89. The Balaban J connectivity index is 1.93. The van der Waals surface area contributed by atoms with E-state index in [4.69, 9.17) is 10.1 Å². The number of rotatable bonds is 3. The van der Waals surface area contributed by atoms with Crippen molar-refractivity contribution in [1.29, 1.82) is 0 Å². The third-order valence-corrected chi connectivity index (χ3v) is 4.99. The van der Waals surface area contributed by atoms with Crippen molar-refractivity contribution < 1.29 is 9.90 Å². The van der Waals surface area contributed by atoms with E-state index in [9.17, 15) is 4.79 Å². The predicted molar refractivity (Wildman–Crippen MR) is 85.9 cm³/mol. The van der Waals surface area contributed by atoms with Crippen LogP contribution in [0.1, 0.15) is 42.5 Å². The zero-order valence-corrected chi connectivity index (χ0v) is 13.3. The summed E-state index contributed by atoms with van der Waals surface area (Å²) in [4.78, 5) is 16.8. The van der Waals surface area contributed by atoms with Gasteiger partial charge in [-0.2, -0.15) is 5.10 Å². The third-order valence-electron chi connectivity index (χ3n) is 3.93. The molecule has 2 aromatic rings. The highest BCUT2D eigenvalue weighted by molar-refractivity contribution is 7.12. The van der Waals surface area contributed by atoms with E-state index in [-0.39, 0.29) is 5.56 Å². The number of carbonyl (C=O) groups is 1. The Kier molecular flexibility index (Phi) is 4.38. The van der Waals surface area contributed by atoms with Crippen molar-refractivity contribution in [3.63, 3.8) is 0 Å². The summed E-state index contributed by atoms with van der Waals surface area (Å²) in [5, 5.41) is 14.4. The maximum Gasteiger partial charge on any atom is 0.335 e. The van der Waals surface area contributed by atoms with E-state index in [2.05, 4.69) is 5.10 Å². The summed E-state index contributed by atoms with van der Waals surface area (Å²) < 4.78 is 1.79. The molecule has 22 heavy (non-hydrogen) atoms. The van der Waals surface area contributed by atoms with E-state index < -0.39 is 5.97 Å². The number of carboxylic acid groups (broad SMARTS) is 1. The van der Waals surface area contributed by atoms with Crippen molar-refractivity contribution in [3.8, 4) is 10.6 Å². The molecule has 0 amide bonds. The quantitative estimate of drug-likeness (QED) is 0.946. The van der Waals surface area contributed by atoms with Crippen molar-refractivity contribution in [2.24, 2.45) is 12.0 Å². The van der Waals surface area contributed by atoms with E-state index >= 15 is 0 Å². The summed E-state index contributed by atoms with van der Waals surface area (Å²) in [7, 11) is 1.89. The number of carboxylic acids is 1. The van der Waals surface area contributed by atoms with E-state index in [0.29, 0.717) is 6.04 Å². The van der Waals surface area contributed by atoms with Gasteiger partial charge in [0.15, 0.2) is 0 Å². The lowest BCUT2D eigenvalue weighted by atomic mass is 9.96. The molecule has 5 nitrogen and oxygen atoms in total. The van der Waals surface area contributed by atoms with Crippen LogP contribution in [0.4, 0.5) is 0 Å². The SMILES string of the molecule is Cn1nc(-c2cccc(C(=O)O)c2)sc1=NC1CCCCC1. The fourth-order valence-corrected chi connectivity index (χ4v) is 3.69. The average molecular weight is 317 g/mol. The van der Waals surface area contributed by atoms with Crippen molar-refractivity contribution in [3.05, 3.63) is 34.6 Å². The fourth-order valence-electron chi connectivity index (χ4n) is 2.73. The highest BCUT2D eigenvalue weighted by atomic mass is 32.1. The molecule has 6 heteroatoms. The number of hydrogen-bond donors (Lipinski definition) is 1. The van der Waals surface area contributed by atoms with Gasteiger partial charge in [-0.15, -0.1) is 0 Å². The van der Waals surface area contributed by atoms with Crippen molar-refractivity contribution in [1.82, 2.24) is 9.78 Å². The molecule has 1 fully saturated rings. The second-order valence-corrected chi connectivity index (χ2v) is 6.58. The smallest absolute Gasteiger partial charge is 0.335 e. The largest absolute Gasteiger partial charge is 0.478 e. The Morgan fingerprint density at radius 1 is 1.36 bits per heavy atom. The first kappa shape index (κ1) is 15.0. The first-order valence-corrected chi connectivity index (χ1v) is 8.37. The molecule has 0 saturated heterocycles. The molecule has 0 unspecified atom stereocenters. The van der Waals surface area contributed by atoms with E-state index in [1.165, 1.54) is 30.6 Å². The van der Waals surface area contributed by atoms with Crippen LogP contribution >= 0.6 is 11.3 Å². The van der Waals surface area contributed by atoms with Gasteiger partial charge in [0.1, 0.15) is 5.01 Å². The Morgan fingerprint density at radius 3 is 2.86 bits per heavy atom. The highest BCUT2D eigenvalue weighted by Gasteiger charge is 2.13. The van der Waals surface area contributed by atoms with Crippen LogP contribution in [0, 0.1) is 0 Å². The topological polar surface area (TPSA) is 67.5 Å². The maximum atomic E-state index is 11.1. The number of hydrogen-bond acceptors (Lipinski definition) is 4. The van der Waals surface area contributed by atoms with Gasteiger partial charge < -0.3 is 5.11 Å². The molecule has 0 atom stereocenters. The van der Waals surface area contributed by atoms with E-state index in [1.54, 1.807) is 22.9 Å². The lowest BCUT2D eigenvalue weighted by Crippen LogP contribution is -2.18. The molecule has 0 aliphatic heterocycles. The highest BCUT2D eigenvalue weighted by Crippen LogP contribution is 2.22. The second kappa shape index (κ2) is 6.44. The number of benzene rings is 1. The van der Waals surface area contributed by atoms with Gasteiger partial charge in [-0.1, -0.05) is 42.7 Å². The lowest BCUT2D eigenvalue weighted by Gasteiger charge is -2.16. The molecule has 3 rings (SSSR count). The number of aryl methyl sites for hydroxylation is 1. The fraction of sp³-hybridized carbons (Fsp3) is 0.438. The first-order valence-electron chi connectivity index (χ1n) is 7.55. The number of nitrogens with zero attached hydrogens (tertiary/aromatic N) is 3. The van der Waals surface area contributed by atoms with Gasteiger partial charge in [-0.3, -0.25) is 4.99 Å². The number of aromatic carboxylic acids is 1. The van der Waals surface area contributed by atoms with Crippen LogP contribution in [0.3, 0.4) is 0 Å². The molecule has 1 aliphatic rings. The van der Waals surface area contributed by atoms with Crippen LogP contribution in [0.25, 0.3) is 10.6 Å². The van der Waals surface area contributed by atoms with Gasteiger partial charge in [-0.25, -0.2) is 9.48 Å². The Labute approximate surface area is 133 Å². The predicted octanol–water partition coefficient (Wildman–Crippen LogP) is 3.08. The zero-order valence-electron chi connectivity index (χ0n) is 12.5. The monoisotopic (exact) mass is 317 g/mol. The summed E-state index contributed by atoms with van der Waals surface area (Å²) in [6.07, 6.45) is 6.13. The van der Waals surface area contributed by atoms with Gasteiger partial charge in [0.25, 0.3) is 0 Å². The van der Waals surface area contributed by atoms with Crippen LogP contribution < -0.4 is 4.80 Å². The first-order chi connectivity index (χ1) is 10.6. The molecule has 1 N–H and O–H groups in total. The minimum Gasteiger partial charge on any atom is -0.478 e. The van der Waals surface area contributed by atoms with Crippen LogP contribution in [-0.2, 0) is 7.05 Å². The Bertz CT molecular complexity index is 742. The molecular formula is C16H19N3O2S. The molecule has 0 bridgehead atoms. The van der Waals surface area contributed by atoms with Gasteiger partial charge >= 0.3 is 5.97 Å². The molecule has 1 aromatic heterocycles. The minimum atomic E-state index is -0.921. The second-order valence-electron chi connectivity index (χ2n) is 5.62. The maximum absolute atomic E-state index is 11.1. The Morgan fingerprint density at radius 2 is 2.14 bits per heavy atom. The van der Waals surface area contributed by atoms with Gasteiger partial charge in [-0.05, 0) is 25.0 Å². The molecule has 1 aliphatic carbocycles. The standard InChI is InChI=1S/C16H19N3O2S/c1-19-16(17-13-8-3-2-4-9-13)22-14(18-19)11-6-5-7-12(10-11)15(20)21/h5-7,10,13H,2-4,8-9H2,1H3,(H,20,21). The zero-order chi connectivity index (χ0) is 15.5. The molecule has 1 saturated carbocycles. The summed E-state index contributed by atoms with van der Waals surface area (Å²) in [5.41, 5.74) is 1.10. The Hall–Kier alpha value is -1.95. The van der Waals surface area contributed by atoms with E-state index in [0.717, 1.165) is 28.2 Å². The summed E-state index contributed by atoms with van der Waals surface area (Å²) in [5.74, 6) is -0.921. The van der Waals surface area contributed by atoms with Crippen LogP contribution in [0.5, 0.6) is 0 Å². The van der Waals surface area contributed by atoms with Crippen LogP contribution in [0.15, 0.2) is 29.3 Å². The molecule has 1 aromatic carbocycles. The van der Waals surface area contributed by atoms with Gasteiger partial charge in [0, 0.05) is 12.6 Å². The molecular weight excluding hydrogens is 298 g/mol. The summed E-state index contributed by atoms with van der Waals surface area (Å²) in [6.45, 7) is 0. The normalized spacial score (nSPS) is 16.9. The lowest BCUT2D eigenvalue weighted by molar-refractivity contribution is 0.0697. The van der Waals surface area contributed by atoms with Crippen LogP contribution in [-0.4, -0.2) is 26.9 Å². The summed E-state index contributed by atoms with van der Waals surface area (Å²) >= 11 is 1.52. The van der Waals surface area contributed by atoms with Gasteiger partial charge in [0.2, 0.25) is 4.80 Å². The van der Waals surface area contributed by atoms with Crippen molar-refractivity contribution >= 4 is 17.3 Å². The van der Waals surface area contributed by atoms with Gasteiger partial charge in [0.05, 0.1) is 11.6 Å². The molecule has 0 radical (unpaired) electrons. The molecule has 1 heterocycles. The summed E-state index contributed by atoms with van der Waals surface area (Å²) in [6, 6.07) is 7.28. The molecule has 0 spiro atoms. The van der Waals surface area contributed by atoms with Crippen molar-refractivity contribution in [2.75, 3.05) is 0 Å².